The first-order valence-electron chi connectivity index (χ1n) is 22.3. The summed E-state index contributed by atoms with van der Waals surface area (Å²) in [5.41, 5.74) is 11.6. The largest absolute Gasteiger partial charge is 0.457 e. The highest BCUT2D eigenvalue weighted by Gasteiger charge is 2.42. The van der Waals surface area contributed by atoms with Gasteiger partial charge < -0.3 is 14.5 Å². The van der Waals surface area contributed by atoms with Crippen LogP contribution in [0, 0.1) is 10.8 Å². The molecule has 0 saturated carbocycles. The Balaban J connectivity index is 1.31. The van der Waals surface area contributed by atoms with Gasteiger partial charge in [0.05, 0.1) is 17.7 Å². The predicted molar refractivity (Wildman–Crippen MR) is 263 cm³/mol. The first-order valence-corrected chi connectivity index (χ1v) is 22.3. The number of rotatable bonds is 7. The minimum Gasteiger partial charge on any atom is -0.457 e. The Bertz CT molecular complexity index is 2810. The van der Waals surface area contributed by atoms with E-state index in [2.05, 4.69) is 239 Å². The predicted octanol–water partition coefficient (Wildman–Crippen LogP) is 15.5. The van der Waals surface area contributed by atoms with Crippen LogP contribution in [-0.2, 0) is 16.2 Å². The number of para-hydroxylation sites is 1. The van der Waals surface area contributed by atoms with E-state index in [1.807, 2.05) is 6.20 Å². The molecule has 0 fully saturated rings. The molecule has 0 unspecified atom stereocenters. The summed E-state index contributed by atoms with van der Waals surface area (Å²) >= 11 is 0. The van der Waals surface area contributed by atoms with Crippen molar-refractivity contribution >= 4 is 33.2 Å². The van der Waals surface area contributed by atoms with Gasteiger partial charge in [0.25, 0.3) is 0 Å². The number of ether oxygens (including phenoxy) is 1. The van der Waals surface area contributed by atoms with Crippen molar-refractivity contribution in [2.75, 3.05) is 16.5 Å². The molecule has 5 heteroatoms. The lowest BCUT2D eigenvalue weighted by atomic mass is 9.77. The fraction of sp³-hybridized carbons (Fsp3) is 0.351. The minimum absolute atomic E-state index is 0.0144. The van der Waals surface area contributed by atoms with Gasteiger partial charge in [-0.15, -0.1) is 0 Å². The second-order valence-electron chi connectivity index (χ2n) is 22.0. The molecule has 0 spiro atoms. The normalized spacial score (nSPS) is 14.4. The van der Waals surface area contributed by atoms with Crippen molar-refractivity contribution in [1.29, 1.82) is 0 Å². The van der Waals surface area contributed by atoms with Crippen LogP contribution >= 0.6 is 0 Å². The number of hydrogen-bond acceptors (Lipinski definition) is 4. The lowest BCUT2D eigenvalue weighted by molar-refractivity contribution is 0.444. The van der Waals surface area contributed by atoms with Crippen molar-refractivity contribution in [3.05, 3.63) is 167 Å². The standard InChI is InChI=1S/C57H66N4O/c1-53(2,3)39-23-20-24-42(31-39)59-37-60(52(56(10,11)12)51(59)55(7,8)9)43-32-41(57(13,14)38-21-16-15-17-22-38)33-45(35-43)62-44-27-28-47-46-25-18-19-26-48(46)61(49(47)36-44)50-34-40(29-30-58-50)54(4,5)6/h15-36H,37H2,1-14H3. The average molecular weight is 823 g/mol. The SMILES string of the molecule is CC(C)(C)C1=C(C(C)(C)C)N(c2cc(Oc3ccc4c5ccccc5n(-c5cc(C(C)(C)C)ccn5)c4c3)cc(C(C)(C)c3ccccc3)c2)CN1c1cccc(C(C)(C)C)c1. The van der Waals surface area contributed by atoms with Gasteiger partial charge >= 0.3 is 0 Å². The van der Waals surface area contributed by atoms with E-state index >= 15 is 0 Å². The molecular formula is C57H66N4O. The van der Waals surface area contributed by atoms with E-state index in [1.165, 1.54) is 44.7 Å². The van der Waals surface area contributed by atoms with Crippen molar-refractivity contribution in [2.45, 2.75) is 113 Å². The smallest absolute Gasteiger partial charge is 0.137 e. The van der Waals surface area contributed by atoms with Gasteiger partial charge in [0.1, 0.15) is 17.3 Å². The van der Waals surface area contributed by atoms with E-state index in [1.54, 1.807) is 0 Å². The quantitative estimate of drug-likeness (QED) is 0.160. The van der Waals surface area contributed by atoms with Gasteiger partial charge in [-0.1, -0.05) is 158 Å². The summed E-state index contributed by atoms with van der Waals surface area (Å²) in [5.74, 6) is 2.48. The summed E-state index contributed by atoms with van der Waals surface area (Å²) in [7, 11) is 0. The molecule has 0 radical (unpaired) electrons. The Morgan fingerprint density at radius 3 is 1.68 bits per heavy atom. The first kappa shape index (κ1) is 42.9. The highest BCUT2D eigenvalue weighted by Crippen LogP contribution is 2.50. The van der Waals surface area contributed by atoms with Gasteiger partial charge in [-0.2, -0.15) is 0 Å². The number of anilines is 2. The lowest BCUT2D eigenvalue weighted by Crippen LogP contribution is -2.31. The van der Waals surface area contributed by atoms with Crippen LogP contribution < -0.4 is 14.5 Å². The number of allylic oxidation sites excluding steroid dienone is 2. The molecular weight excluding hydrogens is 757 g/mol. The summed E-state index contributed by atoms with van der Waals surface area (Å²) < 4.78 is 9.40. The monoisotopic (exact) mass is 823 g/mol. The molecule has 0 atom stereocenters. The zero-order valence-electron chi connectivity index (χ0n) is 39.6. The number of pyridine rings is 1. The number of benzene rings is 5. The van der Waals surface area contributed by atoms with Crippen LogP contribution in [0.3, 0.4) is 0 Å². The van der Waals surface area contributed by atoms with Gasteiger partial charge in [0.2, 0.25) is 0 Å². The van der Waals surface area contributed by atoms with Gasteiger partial charge in [-0.3, -0.25) is 4.57 Å². The molecule has 8 rings (SSSR count). The Morgan fingerprint density at radius 2 is 1.02 bits per heavy atom. The van der Waals surface area contributed by atoms with E-state index < -0.39 is 0 Å². The molecule has 1 aliphatic heterocycles. The second-order valence-corrected chi connectivity index (χ2v) is 22.0. The molecule has 0 aliphatic carbocycles. The van der Waals surface area contributed by atoms with Gasteiger partial charge in [-0.05, 0) is 87.7 Å². The number of aromatic nitrogens is 2. The van der Waals surface area contributed by atoms with Crippen LogP contribution in [0.4, 0.5) is 11.4 Å². The maximum Gasteiger partial charge on any atom is 0.137 e. The maximum absolute atomic E-state index is 7.11. The van der Waals surface area contributed by atoms with Crippen LogP contribution in [0.2, 0.25) is 0 Å². The van der Waals surface area contributed by atoms with Crippen LogP contribution in [0.5, 0.6) is 11.5 Å². The van der Waals surface area contributed by atoms with E-state index in [-0.39, 0.29) is 27.1 Å². The van der Waals surface area contributed by atoms with Crippen LogP contribution in [0.25, 0.3) is 27.6 Å². The van der Waals surface area contributed by atoms with Crippen molar-refractivity contribution < 1.29 is 4.74 Å². The topological polar surface area (TPSA) is 33.5 Å². The van der Waals surface area contributed by atoms with Crippen molar-refractivity contribution in [3.8, 4) is 17.3 Å². The lowest BCUT2D eigenvalue weighted by Gasteiger charge is -2.35. The summed E-state index contributed by atoms with van der Waals surface area (Å²) in [6, 6.07) is 46.4. The van der Waals surface area contributed by atoms with Crippen molar-refractivity contribution in [2.24, 2.45) is 10.8 Å². The van der Waals surface area contributed by atoms with E-state index in [0.29, 0.717) is 6.67 Å². The summed E-state index contributed by atoms with van der Waals surface area (Å²) in [6.45, 7) is 33.1. The van der Waals surface area contributed by atoms with Gasteiger partial charge in [-0.25, -0.2) is 4.98 Å². The third kappa shape index (κ3) is 8.03. The molecule has 0 bridgehead atoms. The Kier molecular flexibility index (Phi) is 10.5. The third-order valence-electron chi connectivity index (χ3n) is 12.6. The Morgan fingerprint density at radius 1 is 0.435 bits per heavy atom. The third-order valence-corrected chi connectivity index (χ3v) is 12.6. The fourth-order valence-corrected chi connectivity index (χ4v) is 9.20. The van der Waals surface area contributed by atoms with Crippen molar-refractivity contribution in [1.82, 2.24) is 9.55 Å². The summed E-state index contributed by atoms with van der Waals surface area (Å²) in [4.78, 5) is 10.0. The van der Waals surface area contributed by atoms with E-state index in [4.69, 9.17) is 9.72 Å². The molecule has 0 N–H and O–H groups in total. The van der Waals surface area contributed by atoms with Gasteiger partial charge in [0.15, 0.2) is 0 Å². The summed E-state index contributed by atoms with van der Waals surface area (Å²) in [6.07, 6.45) is 1.94. The second kappa shape index (κ2) is 15.2. The highest BCUT2D eigenvalue weighted by atomic mass is 16.5. The molecule has 0 amide bonds. The molecule has 5 aromatic carbocycles. The highest BCUT2D eigenvalue weighted by molar-refractivity contribution is 6.09. The number of fused-ring (bicyclic) bond motifs is 3. The van der Waals surface area contributed by atoms with Crippen LogP contribution in [0.1, 0.15) is 119 Å². The summed E-state index contributed by atoms with van der Waals surface area (Å²) in [5, 5.41) is 2.35. The fourth-order valence-electron chi connectivity index (χ4n) is 9.20. The molecule has 5 nitrogen and oxygen atoms in total. The van der Waals surface area contributed by atoms with Crippen LogP contribution in [-0.4, -0.2) is 16.2 Å². The molecule has 3 heterocycles. The molecule has 62 heavy (non-hydrogen) atoms. The first-order chi connectivity index (χ1) is 29.0. The Labute approximate surface area is 371 Å². The van der Waals surface area contributed by atoms with E-state index in [9.17, 15) is 0 Å². The number of hydrogen-bond donors (Lipinski definition) is 0. The molecule has 0 saturated heterocycles. The zero-order valence-corrected chi connectivity index (χ0v) is 39.6. The maximum atomic E-state index is 7.11. The molecule has 7 aromatic rings. The minimum atomic E-state index is -0.311. The molecule has 1 aliphatic rings. The number of nitrogens with zero attached hydrogens (tertiary/aromatic N) is 4. The van der Waals surface area contributed by atoms with Gasteiger partial charge in [0, 0.05) is 68.1 Å². The average Bonchev–Trinajstić information content (AvgIpc) is 3.79. The van der Waals surface area contributed by atoms with E-state index in [0.717, 1.165) is 39.4 Å². The van der Waals surface area contributed by atoms with Crippen LogP contribution in [0.15, 0.2) is 145 Å². The Hall–Kier alpha value is -5.81. The molecule has 320 valence electrons. The van der Waals surface area contributed by atoms with Crippen molar-refractivity contribution in [3.63, 3.8) is 0 Å². The molecule has 2 aromatic heterocycles. The zero-order chi connectivity index (χ0) is 44.6.